The molecule has 0 saturated heterocycles. The van der Waals surface area contributed by atoms with Crippen LogP contribution in [-0.4, -0.2) is 113 Å². The van der Waals surface area contributed by atoms with E-state index in [9.17, 15) is 19.2 Å². The summed E-state index contributed by atoms with van der Waals surface area (Å²) in [6, 6.07) is 24.6. The first-order chi connectivity index (χ1) is 27.4. The van der Waals surface area contributed by atoms with E-state index in [2.05, 4.69) is 69.0 Å². The van der Waals surface area contributed by atoms with Crippen molar-refractivity contribution in [1.82, 2.24) is 28.6 Å². The van der Waals surface area contributed by atoms with Crippen LogP contribution in [0.1, 0.15) is 33.6 Å². The fourth-order valence-electron chi connectivity index (χ4n) is 5.49. The summed E-state index contributed by atoms with van der Waals surface area (Å²) in [5.74, 6) is -3.40. The molecular formula is C43H49N7O8. The van der Waals surface area contributed by atoms with Crippen LogP contribution in [0, 0.1) is 39.5 Å². The van der Waals surface area contributed by atoms with Crippen LogP contribution in [0.4, 0.5) is 0 Å². The Hall–Kier alpha value is -6.89. The van der Waals surface area contributed by atoms with Gasteiger partial charge in [0, 0.05) is 58.3 Å². The number of benzene rings is 2. The number of amides is 2. The number of aliphatic hydroxyl groups is 2. The van der Waals surface area contributed by atoms with Crippen LogP contribution in [-0.2, 0) is 32.0 Å². The molecule has 2 atom stereocenters. The quantitative estimate of drug-likeness (QED) is 0.160. The highest BCUT2D eigenvalue weighted by atomic mass is 16.4. The molecule has 4 aromatic heterocycles. The number of nitrogens with zero attached hydrogens (tertiary/aromatic N) is 7. The van der Waals surface area contributed by atoms with E-state index in [0.717, 1.165) is 56.3 Å². The minimum Gasteiger partial charge on any atom is -0.479 e. The van der Waals surface area contributed by atoms with Crippen LogP contribution >= 0.6 is 0 Å². The van der Waals surface area contributed by atoms with Crippen molar-refractivity contribution in [3.8, 4) is 29.1 Å². The number of pyridine rings is 2. The van der Waals surface area contributed by atoms with Gasteiger partial charge in [-0.3, -0.25) is 9.59 Å². The monoisotopic (exact) mass is 791 g/mol. The summed E-state index contributed by atoms with van der Waals surface area (Å²) in [6.07, 6.45) is 0.216. The average molecular weight is 792 g/mol. The molecule has 6 rings (SSSR count). The number of nitriles is 1. The smallest absolute Gasteiger partial charge is 0.335 e. The Balaban J connectivity index is 0.000000245. The second-order valence-corrected chi connectivity index (χ2v) is 13.9. The Labute approximate surface area is 336 Å². The molecule has 15 heteroatoms. The standard InChI is InChI=1S/2C19H21N3O.C4H6O6.CHN/c2*1-13-5-8-15(9-6-13)19-16(11-18(23)21(3)4)22-12-14(2)7-10-17(22)20-19;5-1(3(7)8)2(6)4(9)10;1-2/h2*5-10,12H,11H2,1-4H3;1-2,5-6H,(H,7,8)(H,9,10);1H. The van der Waals surface area contributed by atoms with Crippen molar-refractivity contribution in [1.29, 1.82) is 5.26 Å². The van der Waals surface area contributed by atoms with E-state index in [1.165, 1.54) is 11.1 Å². The number of aryl methyl sites for hydroxylation is 4. The van der Waals surface area contributed by atoms with Crippen molar-refractivity contribution >= 4 is 35.0 Å². The lowest BCUT2D eigenvalue weighted by atomic mass is 10.1. The van der Waals surface area contributed by atoms with Gasteiger partial charge in [0.2, 0.25) is 11.8 Å². The predicted molar refractivity (Wildman–Crippen MR) is 219 cm³/mol. The largest absolute Gasteiger partial charge is 0.479 e. The number of carboxylic acids is 2. The molecule has 2 amide bonds. The van der Waals surface area contributed by atoms with Gasteiger partial charge in [0.25, 0.3) is 0 Å². The SMILES string of the molecule is C#N.Cc1ccc(-c2nc3ccc(C)cn3c2CC(=O)N(C)C)cc1.Cc1ccc(-c2nc3ccc(C)cn3c2CC(=O)N(C)C)cc1.O=C(O)C(O)C(O)C(=O)O. The zero-order valence-electron chi connectivity index (χ0n) is 33.8. The summed E-state index contributed by atoms with van der Waals surface area (Å²) >= 11 is 0. The topological polar surface area (TPSA) is 214 Å². The van der Waals surface area contributed by atoms with E-state index in [1.807, 2.05) is 59.3 Å². The zero-order valence-corrected chi connectivity index (χ0v) is 33.8. The lowest BCUT2D eigenvalue weighted by Gasteiger charge is -2.11. The molecule has 58 heavy (non-hydrogen) atoms. The lowest BCUT2D eigenvalue weighted by Crippen LogP contribution is -2.39. The Morgan fingerprint density at radius 3 is 1.14 bits per heavy atom. The van der Waals surface area contributed by atoms with E-state index < -0.39 is 24.1 Å². The molecule has 6 aromatic rings. The van der Waals surface area contributed by atoms with Gasteiger partial charge in [-0.15, -0.1) is 0 Å². The van der Waals surface area contributed by atoms with Crippen molar-refractivity contribution in [3.63, 3.8) is 0 Å². The molecule has 2 unspecified atom stereocenters. The molecule has 304 valence electrons. The first kappa shape index (κ1) is 45.5. The third-order valence-corrected chi connectivity index (χ3v) is 8.82. The molecule has 0 aliphatic heterocycles. The average Bonchev–Trinajstić information content (AvgIpc) is 3.72. The summed E-state index contributed by atoms with van der Waals surface area (Å²) in [5, 5.41) is 39.0. The van der Waals surface area contributed by atoms with E-state index >= 15 is 0 Å². The summed E-state index contributed by atoms with van der Waals surface area (Å²) in [5.41, 5.74) is 12.2. The lowest BCUT2D eigenvalue weighted by molar-refractivity contribution is -0.165. The molecule has 0 aliphatic rings. The molecule has 0 aliphatic carbocycles. The maximum atomic E-state index is 12.3. The maximum Gasteiger partial charge on any atom is 0.335 e. The maximum absolute atomic E-state index is 12.3. The van der Waals surface area contributed by atoms with Gasteiger partial charge in [-0.05, 0) is 51.0 Å². The van der Waals surface area contributed by atoms with Crippen molar-refractivity contribution in [2.24, 2.45) is 0 Å². The van der Waals surface area contributed by atoms with Gasteiger partial charge in [-0.1, -0.05) is 71.8 Å². The van der Waals surface area contributed by atoms with E-state index in [0.29, 0.717) is 12.8 Å². The zero-order chi connectivity index (χ0) is 43.4. The second kappa shape index (κ2) is 20.3. The predicted octanol–water partition coefficient (Wildman–Crippen LogP) is 4.51. The van der Waals surface area contributed by atoms with Gasteiger partial charge in [0.1, 0.15) is 11.3 Å². The minimum absolute atomic E-state index is 0.0710. The number of fused-ring (bicyclic) bond motifs is 2. The second-order valence-electron chi connectivity index (χ2n) is 13.9. The van der Waals surface area contributed by atoms with Crippen molar-refractivity contribution in [2.45, 2.75) is 52.7 Å². The third-order valence-electron chi connectivity index (χ3n) is 8.82. The Bertz CT molecular complexity index is 2230. The van der Waals surface area contributed by atoms with Crippen molar-refractivity contribution in [3.05, 3.63) is 119 Å². The number of hydrogen-bond acceptors (Lipinski definition) is 9. The highest BCUT2D eigenvalue weighted by Crippen LogP contribution is 2.27. The fourth-order valence-corrected chi connectivity index (χ4v) is 5.49. The van der Waals surface area contributed by atoms with E-state index in [4.69, 9.17) is 35.7 Å². The van der Waals surface area contributed by atoms with Gasteiger partial charge in [0.05, 0.1) is 35.6 Å². The fraction of sp³-hybridized carbons (Fsp3) is 0.279. The van der Waals surface area contributed by atoms with Crippen molar-refractivity contribution < 1.29 is 39.6 Å². The van der Waals surface area contributed by atoms with Crippen LogP contribution in [0.15, 0.2) is 85.2 Å². The summed E-state index contributed by atoms with van der Waals surface area (Å²) in [7, 11) is 7.12. The summed E-state index contributed by atoms with van der Waals surface area (Å²) in [6.45, 7) is 11.7. The number of aliphatic carboxylic acids is 2. The highest BCUT2D eigenvalue weighted by molar-refractivity contribution is 5.83. The van der Waals surface area contributed by atoms with Crippen LogP contribution < -0.4 is 0 Å². The molecule has 0 saturated carbocycles. The number of hydrogen-bond donors (Lipinski definition) is 4. The van der Waals surface area contributed by atoms with Crippen LogP contribution in [0.25, 0.3) is 33.8 Å². The molecular weight excluding hydrogens is 743 g/mol. The van der Waals surface area contributed by atoms with Gasteiger partial charge < -0.3 is 39.0 Å². The first-order valence-corrected chi connectivity index (χ1v) is 17.9. The van der Waals surface area contributed by atoms with Gasteiger partial charge >= 0.3 is 11.9 Å². The number of rotatable bonds is 9. The normalized spacial score (nSPS) is 11.4. The van der Waals surface area contributed by atoms with E-state index in [-0.39, 0.29) is 11.8 Å². The number of carboxylic acid groups (broad SMARTS) is 2. The number of aromatic nitrogens is 4. The minimum atomic E-state index is -2.27. The molecule has 2 aromatic carbocycles. The molecule has 4 N–H and O–H groups in total. The molecule has 15 nitrogen and oxygen atoms in total. The van der Waals surface area contributed by atoms with Gasteiger partial charge in [-0.2, -0.15) is 0 Å². The number of imidazole rings is 2. The molecule has 0 spiro atoms. The first-order valence-electron chi connectivity index (χ1n) is 17.9. The van der Waals surface area contributed by atoms with Gasteiger partial charge in [0.15, 0.2) is 12.2 Å². The highest BCUT2D eigenvalue weighted by Gasteiger charge is 2.29. The number of aliphatic hydroxyl groups excluding tert-OH is 2. The molecule has 4 heterocycles. The molecule has 0 bridgehead atoms. The van der Waals surface area contributed by atoms with Crippen molar-refractivity contribution in [2.75, 3.05) is 28.2 Å². The van der Waals surface area contributed by atoms with Crippen LogP contribution in [0.2, 0.25) is 0 Å². The third kappa shape index (κ3) is 11.6. The summed E-state index contributed by atoms with van der Waals surface area (Å²) in [4.78, 5) is 56.8. The molecule has 0 fully saturated rings. The Morgan fingerprint density at radius 1 is 0.569 bits per heavy atom. The summed E-state index contributed by atoms with van der Waals surface area (Å²) < 4.78 is 4.07. The number of carbonyl (C=O) groups excluding carboxylic acids is 2. The number of likely N-dealkylation sites (N-methyl/N-ethyl adjacent to an activating group) is 2. The van der Waals surface area contributed by atoms with Crippen LogP contribution in [0.5, 0.6) is 0 Å². The number of carbonyl (C=O) groups is 4. The Kier molecular flexibility index (Phi) is 15.9. The van der Waals surface area contributed by atoms with E-state index in [1.54, 1.807) is 38.0 Å². The van der Waals surface area contributed by atoms with Gasteiger partial charge in [-0.25, -0.2) is 24.8 Å². The van der Waals surface area contributed by atoms with Crippen LogP contribution in [0.3, 0.4) is 0 Å². The molecule has 0 radical (unpaired) electrons. The Morgan fingerprint density at radius 2 is 0.862 bits per heavy atom.